The minimum absolute atomic E-state index is 0.0559. The van der Waals surface area contributed by atoms with Crippen LogP contribution in [0, 0.1) is 11.7 Å². The summed E-state index contributed by atoms with van der Waals surface area (Å²) in [6, 6.07) is 1.51. The van der Waals surface area contributed by atoms with E-state index in [1.54, 1.807) is 0 Å². The van der Waals surface area contributed by atoms with Gasteiger partial charge in [-0.1, -0.05) is 11.6 Å². The molecule has 1 unspecified atom stereocenters. The van der Waals surface area contributed by atoms with Crippen molar-refractivity contribution in [3.8, 4) is 0 Å². The first-order chi connectivity index (χ1) is 8.90. The molecule has 0 spiro atoms. The maximum absolute atomic E-state index is 14.2. The fourth-order valence-corrected chi connectivity index (χ4v) is 2.84. The van der Waals surface area contributed by atoms with E-state index in [0.717, 1.165) is 26.1 Å². The molecule has 1 aromatic rings. The first-order valence-corrected chi connectivity index (χ1v) is 6.70. The molecule has 0 aliphatic carbocycles. The summed E-state index contributed by atoms with van der Waals surface area (Å²) < 4.78 is 14.2. The molecule has 0 amide bonds. The first kappa shape index (κ1) is 14.2. The van der Waals surface area contributed by atoms with Crippen molar-refractivity contribution in [3.63, 3.8) is 0 Å². The molecule has 0 bridgehead atoms. The minimum Gasteiger partial charge on any atom is -0.397 e. The lowest BCUT2D eigenvalue weighted by molar-refractivity contribution is 0.395. The van der Waals surface area contributed by atoms with Gasteiger partial charge >= 0.3 is 0 Å². The average molecular weight is 287 g/mol. The average Bonchev–Trinajstić information content (AvgIpc) is 2.72. The van der Waals surface area contributed by atoms with Crippen molar-refractivity contribution in [3.05, 3.63) is 16.9 Å². The van der Waals surface area contributed by atoms with E-state index in [0.29, 0.717) is 17.3 Å². The SMILES string of the molecule is CN1CCC(CN(C)c2c(N)cc(N)c(Cl)c2F)C1. The van der Waals surface area contributed by atoms with Crippen molar-refractivity contribution in [1.82, 2.24) is 4.90 Å². The van der Waals surface area contributed by atoms with E-state index in [4.69, 9.17) is 23.1 Å². The lowest BCUT2D eigenvalue weighted by Crippen LogP contribution is -2.28. The molecule has 0 radical (unpaired) electrons. The third-order valence-corrected chi connectivity index (χ3v) is 4.03. The molecule has 1 saturated heterocycles. The highest BCUT2D eigenvalue weighted by atomic mass is 35.5. The van der Waals surface area contributed by atoms with Crippen LogP contribution >= 0.6 is 11.6 Å². The maximum atomic E-state index is 14.2. The van der Waals surface area contributed by atoms with Crippen LogP contribution in [0.1, 0.15) is 6.42 Å². The highest BCUT2D eigenvalue weighted by Crippen LogP contribution is 2.36. The zero-order chi connectivity index (χ0) is 14.2. The molecule has 1 heterocycles. The van der Waals surface area contributed by atoms with Crippen molar-refractivity contribution in [2.45, 2.75) is 6.42 Å². The van der Waals surface area contributed by atoms with Crippen LogP contribution in [0.3, 0.4) is 0 Å². The number of nitrogens with two attached hydrogens (primary N) is 2. The van der Waals surface area contributed by atoms with Crippen LogP contribution in [-0.4, -0.2) is 38.6 Å². The third kappa shape index (κ3) is 2.87. The summed E-state index contributed by atoms with van der Waals surface area (Å²) in [6.45, 7) is 2.86. The zero-order valence-corrected chi connectivity index (χ0v) is 12.0. The van der Waals surface area contributed by atoms with Crippen molar-refractivity contribution < 1.29 is 4.39 Å². The van der Waals surface area contributed by atoms with Gasteiger partial charge in [0.25, 0.3) is 0 Å². The Kier molecular flexibility index (Phi) is 4.06. The van der Waals surface area contributed by atoms with Crippen LogP contribution in [0.25, 0.3) is 0 Å². The molecule has 1 atom stereocenters. The number of likely N-dealkylation sites (tertiary alicyclic amines) is 1. The standard InChI is InChI=1S/C13H20ClFN4/c1-18-4-3-8(6-18)7-19(2)13-10(17)5-9(16)11(14)12(13)15/h5,8H,3-4,6-7,16-17H2,1-2H3. The number of rotatable bonds is 3. The number of nitrogen functional groups attached to an aromatic ring is 2. The first-order valence-electron chi connectivity index (χ1n) is 6.32. The third-order valence-electron chi connectivity index (χ3n) is 3.64. The van der Waals surface area contributed by atoms with Gasteiger partial charge in [-0.25, -0.2) is 4.39 Å². The minimum atomic E-state index is -0.534. The summed E-state index contributed by atoms with van der Waals surface area (Å²) in [5, 5.41) is -0.0559. The topological polar surface area (TPSA) is 58.5 Å². The molecule has 1 fully saturated rings. The van der Waals surface area contributed by atoms with Gasteiger partial charge in [-0.3, -0.25) is 0 Å². The Balaban J connectivity index is 2.19. The molecular weight excluding hydrogens is 267 g/mol. The summed E-state index contributed by atoms with van der Waals surface area (Å²) in [5.41, 5.74) is 12.3. The summed E-state index contributed by atoms with van der Waals surface area (Å²) in [4.78, 5) is 4.11. The molecule has 19 heavy (non-hydrogen) atoms. The second-order valence-corrected chi connectivity index (χ2v) is 5.71. The van der Waals surface area contributed by atoms with Gasteiger partial charge in [0.2, 0.25) is 0 Å². The highest BCUT2D eigenvalue weighted by molar-refractivity contribution is 6.33. The largest absolute Gasteiger partial charge is 0.397 e. The smallest absolute Gasteiger partial charge is 0.169 e. The van der Waals surface area contributed by atoms with Crippen LogP contribution in [-0.2, 0) is 0 Å². The van der Waals surface area contributed by atoms with Crippen molar-refractivity contribution >= 4 is 28.7 Å². The quantitative estimate of drug-likeness (QED) is 0.835. The fourth-order valence-electron chi connectivity index (χ4n) is 2.70. The van der Waals surface area contributed by atoms with Crippen LogP contribution < -0.4 is 16.4 Å². The van der Waals surface area contributed by atoms with Gasteiger partial charge in [-0.15, -0.1) is 0 Å². The highest BCUT2D eigenvalue weighted by Gasteiger charge is 2.24. The van der Waals surface area contributed by atoms with Gasteiger partial charge < -0.3 is 21.3 Å². The molecule has 4 nitrogen and oxygen atoms in total. The van der Waals surface area contributed by atoms with E-state index >= 15 is 0 Å². The predicted molar refractivity (Wildman–Crippen MR) is 79.1 cm³/mol. The number of benzene rings is 1. The normalized spacial score (nSPS) is 19.9. The number of hydrogen-bond acceptors (Lipinski definition) is 4. The molecule has 0 saturated carbocycles. The Morgan fingerprint density at radius 3 is 2.74 bits per heavy atom. The zero-order valence-electron chi connectivity index (χ0n) is 11.3. The Hall–Kier alpha value is -1.20. The molecule has 6 heteroatoms. The van der Waals surface area contributed by atoms with Crippen molar-refractivity contribution in [1.29, 1.82) is 0 Å². The van der Waals surface area contributed by atoms with E-state index in [9.17, 15) is 4.39 Å². The lowest BCUT2D eigenvalue weighted by Gasteiger charge is -2.25. The molecule has 2 rings (SSSR count). The number of hydrogen-bond donors (Lipinski definition) is 2. The van der Waals surface area contributed by atoms with Crippen LogP contribution in [0.15, 0.2) is 6.07 Å². The predicted octanol–water partition coefficient (Wildman–Crippen LogP) is 2.03. The number of halogens is 2. The maximum Gasteiger partial charge on any atom is 0.169 e. The molecule has 1 aromatic carbocycles. The number of nitrogens with zero attached hydrogens (tertiary/aromatic N) is 2. The van der Waals surface area contributed by atoms with Gasteiger partial charge in [0.1, 0.15) is 5.02 Å². The van der Waals surface area contributed by atoms with E-state index in [1.165, 1.54) is 6.07 Å². The Bertz CT molecular complexity index is 480. The molecule has 4 N–H and O–H groups in total. The van der Waals surface area contributed by atoms with E-state index in [-0.39, 0.29) is 10.7 Å². The van der Waals surface area contributed by atoms with Gasteiger partial charge in [-0.2, -0.15) is 0 Å². The van der Waals surface area contributed by atoms with Crippen LogP contribution in [0.4, 0.5) is 21.5 Å². The lowest BCUT2D eigenvalue weighted by atomic mass is 10.1. The monoisotopic (exact) mass is 286 g/mol. The summed E-state index contributed by atoms with van der Waals surface area (Å²) in [6.07, 6.45) is 1.12. The second kappa shape index (κ2) is 5.43. The van der Waals surface area contributed by atoms with Crippen LogP contribution in [0.2, 0.25) is 5.02 Å². The van der Waals surface area contributed by atoms with Gasteiger partial charge in [0, 0.05) is 20.1 Å². The molecule has 1 aliphatic rings. The van der Waals surface area contributed by atoms with E-state index < -0.39 is 5.82 Å². The summed E-state index contributed by atoms with van der Waals surface area (Å²) in [7, 11) is 3.93. The molecule has 1 aliphatic heterocycles. The van der Waals surface area contributed by atoms with E-state index in [1.807, 2.05) is 11.9 Å². The van der Waals surface area contributed by atoms with Crippen LogP contribution in [0.5, 0.6) is 0 Å². The Labute approximate surface area is 118 Å². The molecular formula is C13H20ClFN4. The Morgan fingerprint density at radius 2 is 2.16 bits per heavy atom. The Morgan fingerprint density at radius 1 is 1.47 bits per heavy atom. The van der Waals surface area contributed by atoms with Gasteiger partial charge in [-0.05, 0) is 32.0 Å². The fraction of sp³-hybridized carbons (Fsp3) is 0.538. The summed E-state index contributed by atoms with van der Waals surface area (Å²) >= 11 is 5.85. The van der Waals surface area contributed by atoms with Crippen molar-refractivity contribution in [2.24, 2.45) is 5.92 Å². The second-order valence-electron chi connectivity index (χ2n) is 5.33. The van der Waals surface area contributed by atoms with Gasteiger partial charge in [0.15, 0.2) is 5.82 Å². The molecule has 0 aromatic heterocycles. The summed E-state index contributed by atoms with van der Waals surface area (Å²) in [5.74, 6) is -0.0156. The molecule has 106 valence electrons. The van der Waals surface area contributed by atoms with E-state index in [2.05, 4.69) is 11.9 Å². The van der Waals surface area contributed by atoms with Crippen molar-refractivity contribution in [2.75, 3.05) is 50.1 Å². The van der Waals surface area contributed by atoms with Gasteiger partial charge in [0.05, 0.1) is 17.1 Å². The number of anilines is 3.